The molecule has 3 atom stereocenters. The van der Waals surface area contributed by atoms with E-state index in [1.54, 1.807) is 6.20 Å². The molecular weight excluding hydrogens is 370 g/mol. The fourth-order valence-corrected chi connectivity index (χ4v) is 5.68. The van der Waals surface area contributed by atoms with Crippen LogP contribution in [0.3, 0.4) is 0 Å². The predicted molar refractivity (Wildman–Crippen MR) is 120 cm³/mol. The lowest BCUT2D eigenvalue weighted by molar-refractivity contribution is 0.0284. The molecule has 1 aliphatic heterocycles. The number of hydrogen-bond donors (Lipinski definition) is 1. The predicted octanol–water partition coefficient (Wildman–Crippen LogP) is 3.99. The van der Waals surface area contributed by atoms with Crippen LogP contribution in [0.25, 0.3) is 0 Å². The van der Waals surface area contributed by atoms with Crippen molar-refractivity contribution in [2.75, 3.05) is 19.6 Å². The van der Waals surface area contributed by atoms with Crippen LogP contribution >= 0.6 is 0 Å². The number of carbonyl (C=O) groups excluding carboxylic acids is 1. The van der Waals surface area contributed by atoms with Crippen molar-refractivity contribution in [1.82, 2.24) is 15.2 Å². The second-order valence-corrected chi connectivity index (χ2v) is 9.91. The highest BCUT2D eigenvalue weighted by atomic mass is 16.1. The van der Waals surface area contributed by atoms with Gasteiger partial charge in [0, 0.05) is 37.1 Å². The molecule has 4 nitrogen and oxygen atoms in total. The maximum absolute atomic E-state index is 12.8. The molecule has 5 rings (SSSR count). The van der Waals surface area contributed by atoms with Crippen molar-refractivity contribution in [2.45, 2.75) is 57.4 Å². The molecule has 1 aromatic carbocycles. The fourth-order valence-electron chi connectivity index (χ4n) is 5.68. The van der Waals surface area contributed by atoms with Crippen molar-refractivity contribution < 1.29 is 4.79 Å². The topological polar surface area (TPSA) is 45.2 Å². The zero-order valence-electron chi connectivity index (χ0n) is 18.2. The molecule has 1 saturated carbocycles. The molecule has 1 N–H and O–H groups in total. The van der Waals surface area contributed by atoms with Crippen LogP contribution in [0.1, 0.15) is 60.2 Å². The van der Waals surface area contributed by atoms with Crippen LogP contribution in [0.5, 0.6) is 0 Å². The number of nitrogens with one attached hydrogen (secondary N) is 1. The van der Waals surface area contributed by atoms with Gasteiger partial charge in [0.2, 0.25) is 0 Å². The van der Waals surface area contributed by atoms with E-state index >= 15 is 0 Å². The van der Waals surface area contributed by atoms with Gasteiger partial charge in [-0.1, -0.05) is 26.0 Å². The molecule has 30 heavy (non-hydrogen) atoms. The molecule has 158 valence electrons. The Balaban J connectivity index is 1.30. The molecule has 4 heteroatoms. The minimum atomic E-state index is 0.0336. The van der Waals surface area contributed by atoms with E-state index in [2.05, 4.69) is 41.2 Å². The summed E-state index contributed by atoms with van der Waals surface area (Å²) in [6, 6.07) is 11.1. The average molecular weight is 404 g/mol. The molecule has 2 fully saturated rings. The van der Waals surface area contributed by atoms with E-state index < -0.39 is 0 Å². The Kier molecular flexibility index (Phi) is 5.14. The van der Waals surface area contributed by atoms with Gasteiger partial charge in [-0.15, -0.1) is 0 Å². The molecule has 2 bridgehead atoms. The van der Waals surface area contributed by atoms with Gasteiger partial charge < -0.3 is 5.32 Å². The van der Waals surface area contributed by atoms with Gasteiger partial charge in [-0.05, 0) is 90.8 Å². The number of carbonyl (C=O) groups is 1. The van der Waals surface area contributed by atoms with Crippen molar-refractivity contribution >= 4 is 5.91 Å². The van der Waals surface area contributed by atoms with Crippen molar-refractivity contribution in [1.29, 1.82) is 0 Å². The average Bonchev–Trinajstić information content (AvgIpc) is 3.57. The quantitative estimate of drug-likeness (QED) is 0.793. The van der Waals surface area contributed by atoms with E-state index in [1.165, 1.54) is 43.5 Å². The first kappa shape index (κ1) is 19.7. The third-order valence-corrected chi connectivity index (χ3v) is 8.00. The lowest BCUT2D eigenvalue weighted by Crippen LogP contribution is -2.58. The summed E-state index contributed by atoms with van der Waals surface area (Å²) in [5.41, 5.74) is 4.98. The van der Waals surface area contributed by atoms with E-state index in [1.807, 2.05) is 24.4 Å². The Morgan fingerprint density at radius 2 is 2.17 bits per heavy atom. The summed E-state index contributed by atoms with van der Waals surface area (Å²) in [6.07, 6.45) is 9.60. The van der Waals surface area contributed by atoms with Gasteiger partial charge in [0.05, 0.1) is 0 Å². The van der Waals surface area contributed by atoms with Crippen LogP contribution in [0.4, 0.5) is 0 Å². The molecule has 0 radical (unpaired) electrons. The van der Waals surface area contributed by atoms with Crippen LogP contribution in [-0.2, 0) is 18.3 Å². The Morgan fingerprint density at radius 3 is 2.93 bits per heavy atom. The van der Waals surface area contributed by atoms with Crippen molar-refractivity contribution in [3.63, 3.8) is 0 Å². The highest BCUT2D eigenvalue weighted by molar-refractivity contribution is 5.94. The highest BCUT2D eigenvalue weighted by Crippen LogP contribution is 2.49. The summed E-state index contributed by atoms with van der Waals surface area (Å²) in [5.74, 6) is 1.60. The van der Waals surface area contributed by atoms with Crippen LogP contribution in [0.2, 0.25) is 0 Å². The molecule has 1 amide bonds. The Labute approximate surface area is 180 Å². The van der Waals surface area contributed by atoms with Gasteiger partial charge >= 0.3 is 0 Å². The summed E-state index contributed by atoms with van der Waals surface area (Å²) in [4.78, 5) is 19.7. The third kappa shape index (κ3) is 3.66. The van der Waals surface area contributed by atoms with Gasteiger partial charge in [-0.25, -0.2) is 0 Å². The zero-order valence-corrected chi connectivity index (χ0v) is 18.2. The minimum absolute atomic E-state index is 0.0336. The first-order valence-electron chi connectivity index (χ1n) is 11.6. The molecule has 2 aromatic rings. The molecule has 2 heterocycles. The summed E-state index contributed by atoms with van der Waals surface area (Å²) in [7, 11) is 0. The van der Waals surface area contributed by atoms with E-state index in [-0.39, 0.29) is 11.3 Å². The number of hydrogen-bond acceptors (Lipinski definition) is 3. The Hall–Kier alpha value is -2.20. The molecule has 2 aliphatic carbocycles. The first-order chi connectivity index (χ1) is 14.5. The lowest BCUT2D eigenvalue weighted by Gasteiger charge is -2.55. The number of piperidine rings is 1. The van der Waals surface area contributed by atoms with Crippen LogP contribution in [-0.4, -0.2) is 41.5 Å². The van der Waals surface area contributed by atoms with E-state index in [0.29, 0.717) is 18.5 Å². The van der Waals surface area contributed by atoms with E-state index in [9.17, 15) is 4.79 Å². The maximum Gasteiger partial charge on any atom is 0.251 e. The largest absolute Gasteiger partial charge is 0.352 e. The van der Waals surface area contributed by atoms with E-state index in [4.69, 9.17) is 0 Å². The first-order valence-corrected chi connectivity index (χ1v) is 11.6. The zero-order chi connectivity index (χ0) is 20.7. The standard InChI is InChI=1S/C26H33N3O/c1-18-24-15-21-7-8-22(25(30)28-12-9-19-4-3-11-27-16-19)14-23(21)26(18,2)10-13-29(24)17-20-5-6-20/h3-4,7-8,11,14,16,18,20,24H,5-6,9-10,12-13,15,17H2,1-2H3,(H,28,30)/t18-,24?,26-/m0/s1. The van der Waals surface area contributed by atoms with Gasteiger partial charge in [0.1, 0.15) is 0 Å². The smallest absolute Gasteiger partial charge is 0.251 e. The number of nitrogens with zero attached hydrogens (tertiary/aromatic N) is 2. The van der Waals surface area contributed by atoms with Crippen molar-refractivity contribution in [3.8, 4) is 0 Å². The second-order valence-electron chi connectivity index (χ2n) is 9.91. The highest BCUT2D eigenvalue weighted by Gasteiger charge is 2.49. The summed E-state index contributed by atoms with van der Waals surface area (Å²) < 4.78 is 0. The SMILES string of the molecule is C[C@H]1C2Cc3ccc(C(=O)NCCc4cccnc4)cc3[C@@]1(C)CCN2CC1CC1. The van der Waals surface area contributed by atoms with Crippen molar-refractivity contribution in [2.24, 2.45) is 11.8 Å². The summed E-state index contributed by atoms with van der Waals surface area (Å²) in [5, 5.41) is 3.09. The van der Waals surface area contributed by atoms with Crippen LogP contribution in [0.15, 0.2) is 42.7 Å². The second kappa shape index (κ2) is 7.81. The summed E-state index contributed by atoms with van der Waals surface area (Å²) in [6.45, 7) is 7.99. The molecule has 1 aromatic heterocycles. The lowest BCUT2D eigenvalue weighted by atomic mass is 9.59. The number of benzene rings is 1. The Bertz CT molecular complexity index is 923. The number of likely N-dealkylation sites (tertiary alicyclic amines) is 1. The number of aromatic nitrogens is 1. The van der Waals surface area contributed by atoms with Gasteiger partial charge in [0.15, 0.2) is 0 Å². The molecule has 1 unspecified atom stereocenters. The number of fused-ring (bicyclic) bond motifs is 4. The number of rotatable bonds is 6. The van der Waals surface area contributed by atoms with E-state index in [0.717, 1.165) is 29.9 Å². The minimum Gasteiger partial charge on any atom is -0.352 e. The number of pyridine rings is 1. The third-order valence-electron chi connectivity index (χ3n) is 8.00. The van der Waals surface area contributed by atoms with Crippen molar-refractivity contribution in [3.05, 3.63) is 65.0 Å². The van der Waals surface area contributed by atoms with Crippen LogP contribution < -0.4 is 5.32 Å². The van der Waals surface area contributed by atoms with Gasteiger partial charge in [-0.2, -0.15) is 0 Å². The molecule has 3 aliphatic rings. The maximum atomic E-state index is 12.8. The monoisotopic (exact) mass is 403 g/mol. The Morgan fingerprint density at radius 1 is 1.30 bits per heavy atom. The fraction of sp³-hybridized carbons (Fsp3) is 0.538. The van der Waals surface area contributed by atoms with Gasteiger partial charge in [-0.3, -0.25) is 14.7 Å². The molecular formula is C26H33N3O. The molecule has 1 saturated heterocycles. The number of amides is 1. The normalized spacial score (nSPS) is 28.1. The van der Waals surface area contributed by atoms with Gasteiger partial charge in [0.25, 0.3) is 5.91 Å². The summed E-state index contributed by atoms with van der Waals surface area (Å²) >= 11 is 0. The molecule has 0 spiro atoms. The van der Waals surface area contributed by atoms with Crippen LogP contribution in [0, 0.1) is 11.8 Å².